The second-order valence-corrected chi connectivity index (χ2v) is 9.90. The number of pyridine rings is 1. The fourth-order valence-electron chi connectivity index (χ4n) is 4.69. The lowest BCUT2D eigenvalue weighted by Gasteiger charge is -2.36. The standard InChI is InChI=1S/C25H28N4O2S/c30-24-22(32-21-6-2-1-5-20(21)27-24)17-18-8-10-19(11-9-18)25(31)29-15-13-28(14-16-29)23-7-3-4-12-26-23/h3-4,7-12,17,20-21H,1-2,5-6,13-16H2,(H,27,30)/b22-17+. The van der Waals surface area contributed by atoms with Gasteiger partial charge < -0.3 is 15.1 Å². The average Bonchev–Trinajstić information content (AvgIpc) is 2.85. The summed E-state index contributed by atoms with van der Waals surface area (Å²) < 4.78 is 0. The van der Waals surface area contributed by atoms with Crippen molar-refractivity contribution in [1.82, 2.24) is 15.2 Å². The second-order valence-electron chi connectivity index (χ2n) is 8.62. The van der Waals surface area contributed by atoms with Crippen molar-refractivity contribution in [3.63, 3.8) is 0 Å². The lowest BCUT2D eigenvalue weighted by molar-refractivity contribution is -0.117. The highest BCUT2D eigenvalue weighted by Gasteiger charge is 2.34. The number of nitrogens with zero attached hydrogens (tertiary/aromatic N) is 3. The molecule has 3 heterocycles. The maximum atomic E-state index is 13.0. The molecule has 1 saturated carbocycles. The van der Waals surface area contributed by atoms with Gasteiger partial charge in [-0.25, -0.2) is 4.98 Å². The molecule has 2 aromatic rings. The zero-order valence-electron chi connectivity index (χ0n) is 18.1. The summed E-state index contributed by atoms with van der Waals surface area (Å²) in [5.41, 5.74) is 1.64. The van der Waals surface area contributed by atoms with Crippen LogP contribution in [0.3, 0.4) is 0 Å². The van der Waals surface area contributed by atoms with Crippen molar-refractivity contribution >= 4 is 35.5 Å². The minimum absolute atomic E-state index is 0.0316. The minimum atomic E-state index is 0.0316. The molecule has 2 aliphatic heterocycles. The molecule has 5 rings (SSSR count). The highest BCUT2D eigenvalue weighted by atomic mass is 32.2. The van der Waals surface area contributed by atoms with Crippen LogP contribution in [0.25, 0.3) is 6.08 Å². The Labute approximate surface area is 193 Å². The first-order chi connectivity index (χ1) is 15.7. The van der Waals surface area contributed by atoms with Crippen molar-refractivity contribution in [2.45, 2.75) is 37.0 Å². The number of fused-ring (bicyclic) bond motifs is 1. The van der Waals surface area contributed by atoms with Crippen molar-refractivity contribution in [1.29, 1.82) is 0 Å². The van der Waals surface area contributed by atoms with E-state index in [1.54, 1.807) is 18.0 Å². The zero-order chi connectivity index (χ0) is 21.9. The summed E-state index contributed by atoms with van der Waals surface area (Å²) in [6.07, 6.45) is 8.44. The van der Waals surface area contributed by atoms with E-state index in [0.29, 0.717) is 29.9 Å². The molecule has 1 aromatic heterocycles. The number of nitrogens with one attached hydrogen (secondary N) is 1. The topological polar surface area (TPSA) is 65.5 Å². The van der Waals surface area contributed by atoms with Crippen LogP contribution in [0.4, 0.5) is 5.82 Å². The molecule has 0 radical (unpaired) electrons. The van der Waals surface area contributed by atoms with E-state index in [2.05, 4.69) is 15.2 Å². The predicted molar refractivity (Wildman–Crippen MR) is 129 cm³/mol. The number of anilines is 1. The molecule has 7 heteroatoms. The van der Waals surface area contributed by atoms with Gasteiger partial charge in [-0.3, -0.25) is 9.59 Å². The molecule has 0 bridgehead atoms. The van der Waals surface area contributed by atoms with Crippen LogP contribution >= 0.6 is 11.8 Å². The lowest BCUT2D eigenvalue weighted by atomic mass is 9.94. The van der Waals surface area contributed by atoms with Crippen LogP contribution in [0.2, 0.25) is 0 Å². The van der Waals surface area contributed by atoms with Crippen LogP contribution in [-0.4, -0.2) is 59.2 Å². The summed E-state index contributed by atoms with van der Waals surface area (Å²) in [5, 5.41) is 3.66. The van der Waals surface area contributed by atoms with Crippen LogP contribution in [0.1, 0.15) is 41.6 Å². The minimum Gasteiger partial charge on any atom is -0.353 e. The number of piperazine rings is 1. The summed E-state index contributed by atoms with van der Waals surface area (Å²) in [5.74, 6) is 1.05. The zero-order valence-corrected chi connectivity index (χ0v) is 18.9. The van der Waals surface area contributed by atoms with Gasteiger partial charge in [0.2, 0.25) is 0 Å². The average molecular weight is 449 g/mol. The van der Waals surface area contributed by atoms with Crippen LogP contribution in [0.5, 0.6) is 0 Å². The molecule has 2 amide bonds. The van der Waals surface area contributed by atoms with Crippen molar-refractivity contribution in [2.24, 2.45) is 0 Å². The van der Waals surface area contributed by atoms with Gasteiger partial charge in [-0.15, -0.1) is 11.8 Å². The quantitative estimate of drug-likeness (QED) is 0.728. The molecule has 1 N–H and O–H groups in total. The molecule has 3 fully saturated rings. The number of benzene rings is 1. The number of thioether (sulfide) groups is 1. The molecule has 2 atom stereocenters. The van der Waals surface area contributed by atoms with Crippen LogP contribution < -0.4 is 10.2 Å². The first-order valence-corrected chi connectivity index (χ1v) is 12.3. The Morgan fingerprint density at radius 2 is 1.81 bits per heavy atom. The molecule has 6 nitrogen and oxygen atoms in total. The molecule has 3 aliphatic rings. The van der Waals surface area contributed by atoms with Crippen LogP contribution in [0.15, 0.2) is 53.6 Å². The number of carbonyl (C=O) groups is 2. The molecule has 166 valence electrons. The van der Waals surface area contributed by atoms with E-state index in [-0.39, 0.29) is 11.8 Å². The number of hydrogen-bond acceptors (Lipinski definition) is 5. The van der Waals surface area contributed by atoms with E-state index < -0.39 is 0 Å². The molecular weight excluding hydrogens is 420 g/mol. The van der Waals surface area contributed by atoms with Gasteiger partial charge in [0.25, 0.3) is 11.8 Å². The first kappa shape index (κ1) is 21.1. The number of hydrogen-bond donors (Lipinski definition) is 1. The van der Waals surface area contributed by atoms with Gasteiger partial charge in [0.15, 0.2) is 0 Å². The van der Waals surface area contributed by atoms with E-state index in [1.165, 1.54) is 12.8 Å². The summed E-state index contributed by atoms with van der Waals surface area (Å²) in [6.45, 7) is 2.92. The van der Waals surface area contributed by atoms with Gasteiger partial charge in [0, 0.05) is 49.2 Å². The molecule has 2 saturated heterocycles. The third-order valence-electron chi connectivity index (χ3n) is 6.52. The SMILES string of the molecule is O=C1NC2CCCCC2S/C1=C/c1ccc(C(=O)N2CCN(c3ccccn3)CC2)cc1. The van der Waals surface area contributed by atoms with Crippen molar-refractivity contribution in [3.8, 4) is 0 Å². The lowest BCUT2D eigenvalue weighted by Crippen LogP contribution is -2.49. The molecule has 32 heavy (non-hydrogen) atoms. The van der Waals surface area contributed by atoms with Crippen LogP contribution in [0, 0.1) is 0 Å². The highest BCUT2D eigenvalue weighted by molar-refractivity contribution is 8.04. The number of rotatable bonds is 3. The van der Waals surface area contributed by atoms with E-state index in [4.69, 9.17) is 0 Å². The Morgan fingerprint density at radius 1 is 1.03 bits per heavy atom. The Bertz CT molecular complexity index is 1000. The van der Waals surface area contributed by atoms with E-state index >= 15 is 0 Å². The number of aromatic nitrogens is 1. The molecule has 2 unspecified atom stereocenters. The number of carbonyl (C=O) groups excluding carboxylic acids is 2. The normalized spacial score (nSPS) is 24.8. The van der Waals surface area contributed by atoms with Gasteiger partial charge in [-0.05, 0) is 48.7 Å². The van der Waals surface area contributed by atoms with Gasteiger partial charge in [-0.2, -0.15) is 0 Å². The Kier molecular flexibility index (Phi) is 6.17. The molecular formula is C25H28N4O2S. The third-order valence-corrected chi connectivity index (χ3v) is 7.94. The summed E-state index contributed by atoms with van der Waals surface area (Å²) in [4.78, 5) is 34.7. The van der Waals surface area contributed by atoms with Gasteiger partial charge >= 0.3 is 0 Å². The smallest absolute Gasteiger partial charge is 0.257 e. The first-order valence-electron chi connectivity index (χ1n) is 11.4. The van der Waals surface area contributed by atoms with Gasteiger partial charge in [0.1, 0.15) is 5.82 Å². The molecule has 0 spiro atoms. The maximum absolute atomic E-state index is 13.0. The summed E-state index contributed by atoms with van der Waals surface area (Å²) in [6, 6.07) is 13.8. The van der Waals surface area contributed by atoms with Crippen molar-refractivity contribution < 1.29 is 9.59 Å². The predicted octanol–water partition coefficient (Wildman–Crippen LogP) is 3.56. The molecule has 1 aromatic carbocycles. The Balaban J connectivity index is 1.21. The Morgan fingerprint density at radius 3 is 2.56 bits per heavy atom. The van der Waals surface area contributed by atoms with E-state index in [1.807, 2.05) is 53.4 Å². The van der Waals surface area contributed by atoms with Gasteiger partial charge in [-0.1, -0.05) is 31.0 Å². The third kappa shape index (κ3) is 4.53. The van der Waals surface area contributed by atoms with Crippen molar-refractivity contribution in [2.75, 3.05) is 31.1 Å². The molecule has 1 aliphatic carbocycles. The monoisotopic (exact) mass is 448 g/mol. The van der Waals surface area contributed by atoms with E-state index in [9.17, 15) is 9.59 Å². The Hall–Kier alpha value is -2.80. The number of amides is 2. The summed E-state index contributed by atoms with van der Waals surface area (Å²) >= 11 is 1.71. The second kappa shape index (κ2) is 9.36. The maximum Gasteiger partial charge on any atom is 0.257 e. The highest BCUT2D eigenvalue weighted by Crippen LogP contribution is 2.37. The van der Waals surface area contributed by atoms with E-state index in [0.717, 1.165) is 42.2 Å². The summed E-state index contributed by atoms with van der Waals surface area (Å²) in [7, 11) is 0. The van der Waals surface area contributed by atoms with Gasteiger partial charge in [0.05, 0.1) is 4.91 Å². The fourth-order valence-corrected chi connectivity index (χ4v) is 6.04. The largest absolute Gasteiger partial charge is 0.353 e. The fraction of sp³-hybridized carbons (Fsp3) is 0.400. The van der Waals surface area contributed by atoms with Crippen molar-refractivity contribution in [3.05, 3.63) is 64.7 Å². The van der Waals surface area contributed by atoms with Crippen LogP contribution in [-0.2, 0) is 4.79 Å².